The van der Waals surface area contributed by atoms with Crippen LogP contribution in [-0.4, -0.2) is 28.4 Å². The van der Waals surface area contributed by atoms with E-state index in [4.69, 9.17) is 18.9 Å². The van der Waals surface area contributed by atoms with Crippen LogP contribution in [0.15, 0.2) is 30.3 Å². The molecule has 2 heterocycles. The van der Waals surface area contributed by atoms with E-state index >= 15 is 0 Å². The Kier molecular flexibility index (Phi) is 5.58. The van der Waals surface area contributed by atoms with E-state index in [0.29, 0.717) is 5.92 Å². The number of ether oxygens (including phenoxy) is 4. The van der Waals surface area contributed by atoms with Gasteiger partial charge in [0.25, 0.3) is 0 Å². The first kappa shape index (κ1) is 20.9. The average Bonchev–Trinajstić information content (AvgIpc) is 2.85. The van der Waals surface area contributed by atoms with Gasteiger partial charge in [-0.3, -0.25) is 0 Å². The summed E-state index contributed by atoms with van der Waals surface area (Å²) in [4.78, 5) is 0. The minimum absolute atomic E-state index is 0.561. The van der Waals surface area contributed by atoms with E-state index in [1.807, 2.05) is 0 Å². The Morgan fingerprint density at radius 3 is 2.03 bits per heavy atom. The van der Waals surface area contributed by atoms with Crippen molar-refractivity contribution in [2.24, 2.45) is 0 Å². The fourth-order valence-electron chi connectivity index (χ4n) is 5.62. The van der Waals surface area contributed by atoms with Gasteiger partial charge in [0.1, 0.15) is 0 Å². The molecule has 3 aromatic rings. The van der Waals surface area contributed by atoms with Crippen molar-refractivity contribution in [3.8, 4) is 34.3 Å². The largest absolute Gasteiger partial charge is 0.493 e. The van der Waals surface area contributed by atoms with E-state index in [9.17, 15) is 0 Å². The van der Waals surface area contributed by atoms with Crippen molar-refractivity contribution in [2.45, 2.75) is 51.0 Å². The summed E-state index contributed by atoms with van der Waals surface area (Å²) in [5.41, 5.74) is 5.21. The van der Waals surface area contributed by atoms with E-state index in [1.54, 1.807) is 28.4 Å². The van der Waals surface area contributed by atoms with Gasteiger partial charge >= 0.3 is 0 Å². The maximum Gasteiger partial charge on any atom is 0.213 e. The number of aryl methyl sites for hydroxylation is 1. The summed E-state index contributed by atoms with van der Waals surface area (Å²) in [5.74, 6) is 3.68. The minimum Gasteiger partial charge on any atom is -0.493 e. The molecule has 0 amide bonds. The second-order valence-electron chi connectivity index (χ2n) is 8.81. The topological polar surface area (TPSA) is 40.8 Å². The molecule has 5 heteroatoms. The molecule has 2 aliphatic rings. The lowest BCUT2D eigenvalue weighted by molar-refractivity contribution is -0.695. The first-order valence-electron chi connectivity index (χ1n) is 11.6. The molecule has 0 atom stereocenters. The van der Waals surface area contributed by atoms with Crippen LogP contribution in [0.1, 0.15) is 49.3 Å². The highest BCUT2D eigenvalue weighted by atomic mass is 16.5. The van der Waals surface area contributed by atoms with Gasteiger partial charge in [-0.2, -0.15) is 4.57 Å². The number of fused-ring (bicyclic) bond motifs is 4. The molecule has 5 nitrogen and oxygen atoms in total. The van der Waals surface area contributed by atoms with Crippen molar-refractivity contribution in [1.82, 2.24) is 0 Å². The van der Waals surface area contributed by atoms with E-state index in [2.05, 4.69) is 34.9 Å². The van der Waals surface area contributed by atoms with Crippen molar-refractivity contribution >= 4 is 10.8 Å². The first-order chi connectivity index (χ1) is 15.7. The Morgan fingerprint density at radius 1 is 0.719 bits per heavy atom. The Labute approximate surface area is 189 Å². The molecule has 1 saturated carbocycles. The minimum atomic E-state index is 0.561. The van der Waals surface area contributed by atoms with Crippen molar-refractivity contribution in [2.75, 3.05) is 28.4 Å². The molecule has 32 heavy (non-hydrogen) atoms. The van der Waals surface area contributed by atoms with Gasteiger partial charge in [0.15, 0.2) is 35.2 Å². The van der Waals surface area contributed by atoms with E-state index in [1.165, 1.54) is 65.4 Å². The molecule has 0 spiro atoms. The third-order valence-electron chi connectivity index (χ3n) is 7.19. The van der Waals surface area contributed by atoms with Crippen LogP contribution in [0.3, 0.4) is 0 Å². The quantitative estimate of drug-likeness (QED) is 0.502. The van der Waals surface area contributed by atoms with Crippen molar-refractivity contribution in [3.05, 3.63) is 41.6 Å². The zero-order valence-corrected chi connectivity index (χ0v) is 19.5. The average molecular weight is 435 g/mol. The summed E-state index contributed by atoms with van der Waals surface area (Å²) in [5, 5.41) is 2.47. The maximum atomic E-state index is 5.68. The van der Waals surface area contributed by atoms with E-state index < -0.39 is 0 Å². The molecular weight excluding hydrogens is 402 g/mol. The highest BCUT2D eigenvalue weighted by molar-refractivity contribution is 5.90. The summed E-state index contributed by atoms with van der Waals surface area (Å²) < 4.78 is 25.1. The predicted molar refractivity (Wildman–Crippen MR) is 125 cm³/mol. The number of benzene rings is 2. The number of hydrogen-bond acceptors (Lipinski definition) is 4. The third kappa shape index (κ3) is 3.35. The molecule has 5 rings (SSSR count). The fraction of sp³-hybridized carbons (Fsp3) is 0.444. The number of nitrogens with zero attached hydrogens (tertiary/aromatic N) is 1. The Balaban J connectivity index is 1.81. The summed E-state index contributed by atoms with van der Waals surface area (Å²) >= 11 is 0. The zero-order chi connectivity index (χ0) is 22.2. The summed E-state index contributed by atoms with van der Waals surface area (Å²) in [7, 11) is 6.81. The molecular formula is C27H32NO4+. The molecule has 1 aromatic heterocycles. The number of pyridine rings is 1. The summed E-state index contributed by atoms with van der Waals surface area (Å²) in [6.07, 6.45) is 7.39. The third-order valence-corrected chi connectivity index (χ3v) is 7.19. The van der Waals surface area contributed by atoms with Crippen LogP contribution >= 0.6 is 0 Å². The van der Waals surface area contributed by atoms with Gasteiger partial charge in [-0.25, -0.2) is 0 Å². The van der Waals surface area contributed by atoms with Gasteiger partial charge in [-0.05, 0) is 48.1 Å². The molecule has 1 fully saturated rings. The lowest BCUT2D eigenvalue weighted by Gasteiger charge is -2.26. The fourth-order valence-corrected chi connectivity index (χ4v) is 5.62. The van der Waals surface area contributed by atoms with Gasteiger partial charge in [0, 0.05) is 18.4 Å². The molecule has 0 saturated heterocycles. The maximum absolute atomic E-state index is 5.68. The van der Waals surface area contributed by atoms with Crippen LogP contribution < -0.4 is 23.5 Å². The number of hydrogen-bond donors (Lipinski definition) is 0. The SMILES string of the molecule is COc1cc2c(cc1OC)-c1cc3cc(OC)c(OC)cc3c(C3CCCCC3)[n+]1CC2. The van der Waals surface area contributed by atoms with Crippen molar-refractivity contribution in [3.63, 3.8) is 0 Å². The number of rotatable bonds is 5. The molecule has 0 bridgehead atoms. The molecule has 0 radical (unpaired) electrons. The Morgan fingerprint density at radius 2 is 1.34 bits per heavy atom. The van der Waals surface area contributed by atoms with Crippen LogP contribution in [-0.2, 0) is 13.0 Å². The van der Waals surface area contributed by atoms with Gasteiger partial charge < -0.3 is 18.9 Å². The van der Waals surface area contributed by atoms with Crippen LogP contribution in [0.25, 0.3) is 22.0 Å². The Bertz CT molecular complexity index is 1160. The normalized spacial score (nSPS) is 15.8. The van der Waals surface area contributed by atoms with Crippen molar-refractivity contribution in [1.29, 1.82) is 0 Å². The predicted octanol–water partition coefficient (Wildman–Crippen LogP) is 5.43. The number of methoxy groups -OCH3 is 4. The second kappa shape index (κ2) is 8.53. The van der Waals surface area contributed by atoms with E-state index in [-0.39, 0.29) is 0 Å². The van der Waals surface area contributed by atoms with E-state index in [0.717, 1.165) is 36.0 Å². The molecule has 168 valence electrons. The molecule has 0 unspecified atom stereocenters. The standard InChI is InChI=1S/C27H32NO4/c1-29-23-13-18-10-11-28-22(20(18)15-25(23)31-3)12-19-14-24(30-2)26(32-4)16-21(19)27(28)17-8-6-5-7-9-17/h12-17H,5-11H2,1-4H3/q+1. The summed E-state index contributed by atoms with van der Waals surface area (Å²) in [6, 6.07) is 10.9. The highest BCUT2D eigenvalue weighted by Gasteiger charge is 2.34. The Hall–Kier alpha value is -2.95. The first-order valence-corrected chi connectivity index (χ1v) is 11.6. The molecule has 1 aliphatic heterocycles. The van der Waals surface area contributed by atoms with Crippen molar-refractivity contribution < 1.29 is 23.5 Å². The molecule has 1 aliphatic carbocycles. The lowest BCUT2D eigenvalue weighted by Crippen LogP contribution is -2.45. The smallest absolute Gasteiger partial charge is 0.213 e. The monoisotopic (exact) mass is 434 g/mol. The lowest BCUT2D eigenvalue weighted by atomic mass is 9.83. The van der Waals surface area contributed by atoms with Crippen LogP contribution in [0, 0.1) is 0 Å². The highest BCUT2D eigenvalue weighted by Crippen LogP contribution is 2.43. The summed E-state index contributed by atoms with van der Waals surface area (Å²) in [6.45, 7) is 0.966. The van der Waals surface area contributed by atoms with Crippen LogP contribution in [0.4, 0.5) is 0 Å². The van der Waals surface area contributed by atoms with Crippen LogP contribution in [0.2, 0.25) is 0 Å². The number of aromatic nitrogens is 1. The van der Waals surface area contributed by atoms with Gasteiger partial charge in [-0.15, -0.1) is 0 Å². The second-order valence-corrected chi connectivity index (χ2v) is 8.81. The molecule has 0 N–H and O–H groups in total. The van der Waals surface area contributed by atoms with Gasteiger partial charge in [0.05, 0.1) is 39.4 Å². The van der Waals surface area contributed by atoms with Crippen LogP contribution in [0.5, 0.6) is 23.0 Å². The van der Waals surface area contributed by atoms with Gasteiger partial charge in [-0.1, -0.05) is 19.3 Å². The zero-order valence-electron chi connectivity index (χ0n) is 19.5. The van der Waals surface area contributed by atoms with Gasteiger partial charge in [0.2, 0.25) is 5.69 Å². The molecule has 2 aromatic carbocycles.